The SMILES string of the molecule is CCOC(=O)C1CCCN(C(=O)CCCSc2nnc(Cc3ccccc3)n2-c2ccc(Cl)c(Cl)c2)C1. The van der Waals surface area contributed by atoms with E-state index in [9.17, 15) is 9.59 Å². The Morgan fingerprint density at radius 2 is 1.92 bits per heavy atom. The topological polar surface area (TPSA) is 77.3 Å². The van der Waals surface area contributed by atoms with E-state index in [1.807, 2.05) is 34.9 Å². The summed E-state index contributed by atoms with van der Waals surface area (Å²) in [6, 6.07) is 15.6. The average Bonchev–Trinajstić information content (AvgIpc) is 3.31. The van der Waals surface area contributed by atoms with Crippen LogP contribution in [-0.4, -0.2) is 57.0 Å². The summed E-state index contributed by atoms with van der Waals surface area (Å²) in [5, 5.41) is 10.6. The molecule has 2 heterocycles. The van der Waals surface area contributed by atoms with E-state index in [0.717, 1.165) is 35.1 Å². The summed E-state index contributed by atoms with van der Waals surface area (Å²) in [5.41, 5.74) is 1.96. The number of ether oxygens (including phenoxy) is 1. The Labute approximate surface area is 231 Å². The predicted octanol–water partition coefficient (Wildman–Crippen LogP) is 5.84. The Morgan fingerprint density at radius 1 is 1.11 bits per heavy atom. The van der Waals surface area contributed by atoms with Gasteiger partial charge in [0.25, 0.3) is 0 Å². The molecule has 1 atom stereocenters. The minimum Gasteiger partial charge on any atom is -0.466 e. The number of piperidine rings is 1. The Balaban J connectivity index is 1.39. The first-order valence-corrected chi connectivity index (χ1v) is 14.2. The first kappa shape index (κ1) is 27.5. The predicted molar refractivity (Wildman–Crippen MR) is 147 cm³/mol. The van der Waals surface area contributed by atoms with Crippen LogP contribution in [0, 0.1) is 5.92 Å². The maximum atomic E-state index is 12.8. The van der Waals surface area contributed by atoms with Crippen LogP contribution in [0.15, 0.2) is 53.7 Å². The number of rotatable bonds is 10. The molecule has 7 nitrogen and oxygen atoms in total. The zero-order valence-electron chi connectivity index (χ0n) is 20.7. The van der Waals surface area contributed by atoms with E-state index in [-0.39, 0.29) is 17.8 Å². The highest BCUT2D eigenvalue weighted by atomic mass is 35.5. The van der Waals surface area contributed by atoms with E-state index < -0.39 is 0 Å². The van der Waals surface area contributed by atoms with Crippen LogP contribution in [0.1, 0.15) is 44.0 Å². The summed E-state index contributed by atoms with van der Waals surface area (Å²) in [5.74, 6) is 1.14. The van der Waals surface area contributed by atoms with E-state index in [1.54, 1.807) is 29.7 Å². The zero-order chi connectivity index (χ0) is 26.2. The standard InChI is InChI=1S/C27H30Cl2N4O3S/c1-2-36-26(35)20-10-6-14-32(18-20)25(34)11-7-15-37-27-31-30-24(16-19-8-4-3-5-9-19)33(27)21-12-13-22(28)23(29)17-21/h3-5,8-9,12-13,17,20H,2,6-7,10-11,14-16,18H2,1H3. The van der Waals surface area contributed by atoms with Crippen molar-refractivity contribution < 1.29 is 14.3 Å². The second-order valence-electron chi connectivity index (χ2n) is 8.88. The molecule has 0 radical (unpaired) electrons. The number of esters is 1. The maximum absolute atomic E-state index is 12.8. The van der Waals surface area contributed by atoms with Gasteiger partial charge < -0.3 is 9.64 Å². The molecule has 1 fully saturated rings. The Bertz CT molecular complexity index is 1220. The molecule has 37 heavy (non-hydrogen) atoms. The molecule has 196 valence electrons. The van der Waals surface area contributed by atoms with Crippen molar-refractivity contribution in [3.8, 4) is 5.69 Å². The van der Waals surface area contributed by atoms with Crippen molar-refractivity contribution in [2.45, 2.75) is 44.2 Å². The number of likely N-dealkylation sites (tertiary alicyclic amines) is 1. The Kier molecular flexibility index (Phi) is 9.88. The van der Waals surface area contributed by atoms with Crippen molar-refractivity contribution in [3.05, 3.63) is 70.0 Å². The number of benzene rings is 2. The van der Waals surface area contributed by atoms with Gasteiger partial charge in [-0.05, 0) is 49.9 Å². The van der Waals surface area contributed by atoms with Gasteiger partial charge in [0.15, 0.2) is 5.16 Å². The number of hydrogen-bond donors (Lipinski definition) is 0. The summed E-state index contributed by atoms with van der Waals surface area (Å²) in [6.07, 6.45) is 3.31. The van der Waals surface area contributed by atoms with E-state index in [4.69, 9.17) is 27.9 Å². The lowest BCUT2D eigenvalue weighted by atomic mass is 9.98. The second-order valence-corrected chi connectivity index (χ2v) is 10.8. The van der Waals surface area contributed by atoms with Crippen molar-refractivity contribution in [1.29, 1.82) is 0 Å². The van der Waals surface area contributed by atoms with Crippen LogP contribution in [0.5, 0.6) is 0 Å². The molecule has 1 aliphatic heterocycles. The van der Waals surface area contributed by atoms with Crippen molar-refractivity contribution in [1.82, 2.24) is 19.7 Å². The Morgan fingerprint density at radius 3 is 2.68 bits per heavy atom. The minimum atomic E-state index is -0.222. The summed E-state index contributed by atoms with van der Waals surface area (Å²) < 4.78 is 7.14. The van der Waals surface area contributed by atoms with E-state index >= 15 is 0 Å². The van der Waals surface area contributed by atoms with Gasteiger partial charge in [-0.2, -0.15) is 0 Å². The van der Waals surface area contributed by atoms with Gasteiger partial charge in [0.05, 0.1) is 28.3 Å². The lowest BCUT2D eigenvalue weighted by Crippen LogP contribution is -2.42. The number of nitrogens with zero attached hydrogens (tertiary/aromatic N) is 4. The van der Waals surface area contributed by atoms with Gasteiger partial charge in [0.2, 0.25) is 5.91 Å². The lowest BCUT2D eigenvalue weighted by Gasteiger charge is -2.31. The fourth-order valence-corrected chi connectivity index (χ4v) is 5.57. The van der Waals surface area contributed by atoms with Gasteiger partial charge >= 0.3 is 5.97 Å². The Hall–Kier alpha value is -2.55. The van der Waals surface area contributed by atoms with Crippen molar-refractivity contribution >= 4 is 46.8 Å². The van der Waals surface area contributed by atoms with Crippen LogP contribution in [-0.2, 0) is 20.7 Å². The molecule has 0 aliphatic carbocycles. The van der Waals surface area contributed by atoms with Crippen LogP contribution < -0.4 is 0 Å². The van der Waals surface area contributed by atoms with Gasteiger partial charge in [-0.1, -0.05) is 65.3 Å². The number of amides is 1. The zero-order valence-corrected chi connectivity index (χ0v) is 23.1. The highest BCUT2D eigenvalue weighted by Gasteiger charge is 2.29. The number of carbonyl (C=O) groups is 2. The van der Waals surface area contributed by atoms with Gasteiger partial charge in [0, 0.05) is 31.7 Å². The van der Waals surface area contributed by atoms with Crippen molar-refractivity contribution in [3.63, 3.8) is 0 Å². The lowest BCUT2D eigenvalue weighted by molar-refractivity contribution is -0.151. The third-order valence-electron chi connectivity index (χ3n) is 6.23. The molecule has 0 saturated carbocycles. The van der Waals surface area contributed by atoms with Gasteiger partial charge in [0.1, 0.15) is 5.82 Å². The van der Waals surface area contributed by atoms with E-state index in [1.165, 1.54) is 0 Å². The van der Waals surface area contributed by atoms with E-state index in [2.05, 4.69) is 22.3 Å². The van der Waals surface area contributed by atoms with Crippen molar-refractivity contribution in [2.24, 2.45) is 5.92 Å². The molecule has 0 N–H and O–H groups in total. The number of thioether (sulfide) groups is 1. The molecule has 4 rings (SSSR count). The van der Waals surface area contributed by atoms with Crippen LogP contribution >= 0.6 is 35.0 Å². The van der Waals surface area contributed by atoms with Gasteiger partial charge in [-0.15, -0.1) is 10.2 Å². The number of carbonyl (C=O) groups excluding carboxylic acids is 2. The summed E-state index contributed by atoms with van der Waals surface area (Å²) in [7, 11) is 0. The first-order chi connectivity index (χ1) is 18.0. The van der Waals surface area contributed by atoms with Crippen molar-refractivity contribution in [2.75, 3.05) is 25.4 Å². The first-order valence-electron chi connectivity index (χ1n) is 12.5. The molecule has 0 bridgehead atoms. The van der Waals surface area contributed by atoms with Gasteiger partial charge in [-0.25, -0.2) is 0 Å². The molecule has 1 unspecified atom stereocenters. The number of hydrogen-bond acceptors (Lipinski definition) is 6. The normalized spacial score (nSPS) is 15.5. The molecule has 10 heteroatoms. The molecule has 2 aromatic carbocycles. The summed E-state index contributed by atoms with van der Waals surface area (Å²) in [4.78, 5) is 26.7. The average molecular weight is 562 g/mol. The minimum absolute atomic E-state index is 0.0744. The highest BCUT2D eigenvalue weighted by Crippen LogP contribution is 2.29. The molecule has 1 aromatic heterocycles. The molecule has 1 amide bonds. The van der Waals surface area contributed by atoms with Crippen LogP contribution in [0.3, 0.4) is 0 Å². The molecule has 0 spiro atoms. The second kappa shape index (κ2) is 13.3. The van der Waals surface area contributed by atoms with Crippen LogP contribution in [0.4, 0.5) is 0 Å². The smallest absolute Gasteiger partial charge is 0.310 e. The fraction of sp³-hybridized carbons (Fsp3) is 0.407. The number of aromatic nitrogens is 3. The molecular formula is C27H30Cl2N4O3S. The summed E-state index contributed by atoms with van der Waals surface area (Å²) in [6.45, 7) is 3.30. The van der Waals surface area contributed by atoms with Gasteiger partial charge in [-0.3, -0.25) is 14.2 Å². The quantitative estimate of drug-likeness (QED) is 0.176. The monoisotopic (exact) mass is 560 g/mol. The highest BCUT2D eigenvalue weighted by molar-refractivity contribution is 7.99. The third-order valence-corrected chi connectivity index (χ3v) is 7.98. The fourth-order valence-electron chi connectivity index (χ4n) is 4.37. The molecule has 1 aliphatic rings. The van der Waals surface area contributed by atoms with Crippen LogP contribution in [0.25, 0.3) is 5.69 Å². The summed E-state index contributed by atoms with van der Waals surface area (Å²) >= 11 is 14.0. The molecule has 1 saturated heterocycles. The maximum Gasteiger partial charge on any atom is 0.310 e. The largest absolute Gasteiger partial charge is 0.466 e. The molecule has 3 aromatic rings. The molecular weight excluding hydrogens is 531 g/mol. The van der Waals surface area contributed by atoms with Crippen LogP contribution in [0.2, 0.25) is 10.0 Å². The number of halogens is 2. The third kappa shape index (κ3) is 7.27. The van der Waals surface area contributed by atoms with E-state index in [0.29, 0.717) is 54.8 Å².